The molecule has 1 aromatic rings. The van der Waals surface area contributed by atoms with Gasteiger partial charge >= 0.3 is 6.18 Å². The molecule has 2 aliphatic heterocycles. The molecule has 2 aliphatic rings. The summed E-state index contributed by atoms with van der Waals surface area (Å²) in [4.78, 5) is 13.4. The molecular formula is C16H19F3N2O4S. The van der Waals surface area contributed by atoms with Crippen molar-refractivity contribution in [1.29, 1.82) is 0 Å². The number of benzene rings is 1. The fourth-order valence-electron chi connectivity index (χ4n) is 3.27. The zero-order chi connectivity index (χ0) is 18.9. The minimum atomic E-state index is -4.52. The molecule has 0 bridgehead atoms. The van der Waals surface area contributed by atoms with Crippen molar-refractivity contribution in [2.75, 3.05) is 32.8 Å². The Bertz CT molecular complexity index is 765. The first-order chi connectivity index (χ1) is 12.2. The lowest BCUT2D eigenvalue weighted by atomic mass is 10.1. The Hall–Kier alpha value is -1.65. The number of morpholine rings is 1. The number of carbonyl (C=O) groups is 1. The minimum absolute atomic E-state index is 0.0118. The summed E-state index contributed by atoms with van der Waals surface area (Å²) in [5, 5.41) is 0. The van der Waals surface area contributed by atoms with Crippen molar-refractivity contribution in [3.8, 4) is 0 Å². The summed E-state index contributed by atoms with van der Waals surface area (Å²) in [6.07, 6.45) is -3.25. The highest BCUT2D eigenvalue weighted by molar-refractivity contribution is 7.89. The maximum absolute atomic E-state index is 12.8. The summed E-state index contributed by atoms with van der Waals surface area (Å²) in [5.74, 6) is -0.171. The normalized spacial score (nSPS) is 23.3. The Morgan fingerprint density at radius 3 is 2.42 bits per heavy atom. The van der Waals surface area contributed by atoms with E-state index in [0.717, 1.165) is 24.3 Å². The van der Waals surface area contributed by atoms with Crippen LogP contribution in [0.25, 0.3) is 0 Å². The first-order valence-corrected chi connectivity index (χ1v) is 9.68. The standard InChI is InChI=1S/C16H19F3N2O4S/c17-16(18,19)12-3-5-14(6-4-12)26(23,24)20-7-1-2-13(10-20)21-8-9-25-11-15(21)22/h3-6,13H,1-2,7-11H2. The molecule has 1 amide bonds. The second kappa shape index (κ2) is 7.16. The minimum Gasteiger partial charge on any atom is -0.370 e. The zero-order valence-electron chi connectivity index (χ0n) is 13.9. The van der Waals surface area contributed by atoms with Crippen LogP contribution in [0.4, 0.5) is 13.2 Å². The maximum atomic E-state index is 12.8. The lowest BCUT2D eigenvalue weighted by Crippen LogP contribution is -2.55. The summed E-state index contributed by atoms with van der Waals surface area (Å²) >= 11 is 0. The van der Waals surface area contributed by atoms with Gasteiger partial charge in [-0.2, -0.15) is 17.5 Å². The highest BCUT2D eigenvalue weighted by Gasteiger charge is 2.36. The van der Waals surface area contributed by atoms with E-state index in [1.807, 2.05) is 0 Å². The van der Waals surface area contributed by atoms with Crippen LogP contribution in [0.5, 0.6) is 0 Å². The third-order valence-electron chi connectivity index (χ3n) is 4.64. The third-order valence-corrected chi connectivity index (χ3v) is 6.52. The molecule has 26 heavy (non-hydrogen) atoms. The topological polar surface area (TPSA) is 66.9 Å². The molecule has 0 radical (unpaired) electrons. The smallest absolute Gasteiger partial charge is 0.370 e. The lowest BCUT2D eigenvalue weighted by molar-refractivity contribution is -0.146. The number of halogens is 3. The van der Waals surface area contributed by atoms with Gasteiger partial charge in [-0.25, -0.2) is 8.42 Å². The van der Waals surface area contributed by atoms with Crippen LogP contribution in [0.15, 0.2) is 29.2 Å². The van der Waals surface area contributed by atoms with E-state index in [-0.39, 0.29) is 36.5 Å². The number of alkyl halides is 3. The SMILES string of the molecule is O=C1COCCN1C1CCCN(S(=O)(=O)c2ccc(C(F)(F)F)cc2)C1. The molecule has 2 heterocycles. The summed E-state index contributed by atoms with van der Waals surface area (Å²) in [6.45, 7) is 1.22. The third kappa shape index (κ3) is 3.86. The van der Waals surface area contributed by atoms with E-state index >= 15 is 0 Å². The maximum Gasteiger partial charge on any atom is 0.416 e. The van der Waals surface area contributed by atoms with Gasteiger partial charge in [0, 0.05) is 25.7 Å². The molecule has 1 aromatic carbocycles. The molecular weight excluding hydrogens is 373 g/mol. The number of piperidine rings is 1. The van der Waals surface area contributed by atoms with Crippen LogP contribution in [0.1, 0.15) is 18.4 Å². The fraction of sp³-hybridized carbons (Fsp3) is 0.562. The van der Waals surface area contributed by atoms with Crippen LogP contribution in [-0.4, -0.2) is 62.4 Å². The van der Waals surface area contributed by atoms with Crippen LogP contribution in [-0.2, 0) is 25.7 Å². The molecule has 10 heteroatoms. The van der Waals surface area contributed by atoms with E-state index in [1.165, 1.54) is 4.31 Å². The van der Waals surface area contributed by atoms with Crippen molar-refractivity contribution in [3.63, 3.8) is 0 Å². The molecule has 6 nitrogen and oxygen atoms in total. The van der Waals surface area contributed by atoms with Crippen molar-refractivity contribution in [1.82, 2.24) is 9.21 Å². The molecule has 0 saturated carbocycles. The van der Waals surface area contributed by atoms with Crippen molar-refractivity contribution in [2.45, 2.75) is 30.0 Å². The van der Waals surface area contributed by atoms with Gasteiger partial charge in [0.2, 0.25) is 15.9 Å². The van der Waals surface area contributed by atoms with Crippen LogP contribution in [0, 0.1) is 0 Å². The number of hydrogen-bond acceptors (Lipinski definition) is 4. The van der Waals surface area contributed by atoms with Crippen LogP contribution in [0.3, 0.4) is 0 Å². The summed E-state index contributed by atoms with van der Waals surface area (Å²) in [5.41, 5.74) is -0.896. The molecule has 0 spiro atoms. The van der Waals surface area contributed by atoms with E-state index in [1.54, 1.807) is 4.90 Å². The van der Waals surface area contributed by atoms with E-state index in [0.29, 0.717) is 26.0 Å². The molecule has 0 N–H and O–H groups in total. The summed E-state index contributed by atoms with van der Waals surface area (Å²) < 4.78 is 69.9. The molecule has 1 unspecified atom stereocenters. The van der Waals surface area contributed by atoms with E-state index in [4.69, 9.17) is 4.74 Å². The highest BCUT2D eigenvalue weighted by Crippen LogP contribution is 2.31. The van der Waals surface area contributed by atoms with Crippen molar-refractivity contribution >= 4 is 15.9 Å². The number of hydrogen-bond donors (Lipinski definition) is 0. The van der Waals surface area contributed by atoms with Gasteiger partial charge in [-0.3, -0.25) is 4.79 Å². The Morgan fingerprint density at radius 2 is 1.81 bits per heavy atom. The van der Waals surface area contributed by atoms with Crippen molar-refractivity contribution in [2.24, 2.45) is 0 Å². The van der Waals surface area contributed by atoms with Crippen LogP contribution < -0.4 is 0 Å². The largest absolute Gasteiger partial charge is 0.416 e. The fourth-order valence-corrected chi connectivity index (χ4v) is 4.79. The van der Waals surface area contributed by atoms with Gasteiger partial charge < -0.3 is 9.64 Å². The summed E-state index contributed by atoms with van der Waals surface area (Å²) in [6, 6.07) is 3.23. The molecule has 0 aliphatic carbocycles. The average Bonchev–Trinajstić information content (AvgIpc) is 2.61. The zero-order valence-corrected chi connectivity index (χ0v) is 14.7. The van der Waals surface area contributed by atoms with Crippen LogP contribution >= 0.6 is 0 Å². The Kier molecular flexibility index (Phi) is 5.27. The molecule has 1 atom stereocenters. The number of amides is 1. The van der Waals surface area contributed by atoms with Gasteiger partial charge in [0.25, 0.3) is 0 Å². The number of sulfonamides is 1. The first kappa shape index (κ1) is 19.1. The Labute approximate surface area is 149 Å². The van der Waals surface area contributed by atoms with E-state index in [2.05, 4.69) is 0 Å². The van der Waals surface area contributed by atoms with Gasteiger partial charge in [0.15, 0.2) is 0 Å². The van der Waals surface area contributed by atoms with Crippen molar-refractivity contribution < 1.29 is 31.1 Å². The molecule has 3 rings (SSSR count). The number of nitrogens with zero attached hydrogens (tertiary/aromatic N) is 2. The molecule has 0 aromatic heterocycles. The second-order valence-corrected chi connectivity index (χ2v) is 8.26. The number of carbonyl (C=O) groups excluding carboxylic acids is 1. The molecule has 144 valence electrons. The first-order valence-electron chi connectivity index (χ1n) is 8.24. The predicted molar refractivity (Wildman–Crippen MR) is 85.8 cm³/mol. The molecule has 2 saturated heterocycles. The van der Waals surface area contributed by atoms with Gasteiger partial charge in [0.1, 0.15) is 6.61 Å². The number of ether oxygens (including phenoxy) is 1. The Morgan fingerprint density at radius 1 is 1.12 bits per heavy atom. The van der Waals surface area contributed by atoms with Gasteiger partial charge in [-0.05, 0) is 37.1 Å². The van der Waals surface area contributed by atoms with Gasteiger partial charge in [-0.1, -0.05) is 0 Å². The monoisotopic (exact) mass is 392 g/mol. The van der Waals surface area contributed by atoms with Gasteiger partial charge in [-0.15, -0.1) is 0 Å². The average molecular weight is 392 g/mol. The lowest BCUT2D eigenvalue weighted by Gasteiger charge is -2.40. The quantitative estimate of drug-likeness (QED) is 0.786. The second-order valence-electron chi connectivity index (χ2n) is 6.32. The highest BCUT2D eigenvalue weighted by atomic mass is 32.2. The predicted octanol–water partition coefficient (Wildman–Crippen LogP) is 1.72. The van der Waals surface area contributed by atoms with Crippen molar-refractivity contribution in [3.05, 3.63) is 29.8 Å². The Balaban J connectivity index is 1.77. The van der Waals surface area contributed by atoms with E-state index < -0.39 is 21.8 Å². The number of rotatable bonds is 3. The van der Waals surface area contributed by atoms with Crippen LogP contribution in [0.2, 0.25) is 0 Å². The molecule has 2 fully saturated rings. The summed E-state index contributed by atoms with van der Waals surface area (Å²) in [7, 11) is -3.92. The van der Waals surface area contributed by atoms with Gasteiger partial charge in [0.05, 0.1) is 17.1 Å². The van der Waals surface area contributed by atoms with E-state index in [9.17, 15) is 26.4 Å².